The molecule has 0 fully saturated rings. The average Bonchev–Trinajstić information content (AvgIpc) is 1.27. The summed E-state index contributed by atoms with van der Waals surface area (Å²) >= 11 is -0.762. The van der Waals surface area contributed by atoms with Crippen LogP contribution in [-0.4, -0.2) is 13.3 Å². The van der Waals surface area contributed by atoms with E-state index in [0.29, 0.717) is 0 Å². The first kappa shape index (κ1) is 8.33. The normalized spacial score (nSPS) is 17.4. The van der Waals surface area contributed by atoms with Crippen molar-refractivity contribution in [2.45, 2.75) is 0 Å². The van der Waals surface area contributed by atoms with Gasteiger partial charge in [0.25, 0.3) is 0 Å². The first-order valence-corrected chi connectivity index (χ1v) is 11.4. The van der Waals surface area contributed by atoms with Crippen molar-refractivity contribution < 1.29 is 32.3 Å². The molecule has 0 aromatic heterocycles. The molecule has 0 saturated heterocycles. The summed E-state index contributed by atoms with van der Waals surface area (Å²) in [6.07, 6.45) is 0. The van der Waals surface area contributed by atoms with Crippen molar-refractivity contribution in [2.24, 2.45) is 0 Å². The van der Waals surface area contributed by atoms with Crippen molar-refractivity contribution in [3.8, 4) is 0 Å². The number of hydrogen-bond acceptors (Lipinski definition) is 2. The van der Waals surface area contributed by atoms with E-state index in [-0.39, 0.29) is 1.43 Å². The van der Waals surface area contributed by atoms with Gasteiger partial charge >= 0.3 is 54.5 Å². The van der Waals surface area contributed by atoms with Crippen molar-refractivity contribution in [3.05, 3.63) is 0 Å². The minimum absolute atomic E-state index is 0. The van der Waals surface area contributed by atoms with E-state index in [1.807, 2.05) is 0 Å². The van der Waals surface area contributed by atoms with E-state index in [0.717, 1.165) is 0 Å². The molecule has 5 heteroatoms. The van der Waals surface area contributed by atoms with Crippen LogP contribution in [0, 0.1) is 0 Å². The van der Waals surface area contributed by atoms with E-state index in [1.165, 1.54) is 0 Å². The maximum absolute atomic E-state index is 10.3. The van der Waals surface area contributed by atoms with Gasteiger partial charge in [0, 0.05) is 0 Å². The fraction of sp³-hybridized carbons (Fsp3) is 1.00. The summed E-state index contributed by atoms with van der Waals surface area (Å²) in [4.78, 5) is 0. The quantitative estimate of drug-likeness (QED) is 0.589. The molecule has 0 aromatic rings. The third-order valence-electron chi connectivity index (χ3n) is 0.407. The van der Waals surface area contributed by atoms with Crippen LogP contribution < -0.4 is 0 Å². The molecule has 2 atom stereocenters. The molecular weight excluding hydrogens is 163 g/mol. The van der Waals surface area contributed by atoms with Crippen molar-refractivity contribution in [1.29, 1.82) is 0 Å². The van der Waals surface area contributed by atoms with Crippen molar-refractivity contribution >= 4 is 10.3 Å². The molecule has 0 aliphatic rings. The summed E-state index contributed by atoms with van der Waals surface area (Å²) < 4.78 is 20.7. The molecule has 2 nitrogen and oxygen atoms in total. The summed E-state index contributed by atoms with van der Waals surface area (Å²) in [6.45, 7) is 3.41. The Morgan fingerprint density at radius 3 is 1.57 bits per heavy atom. The van der Waals surface area contributed by atoms with Gasteiger partial charge in [0.15, 0.2) is 0 Å². The number of rotatable bonds is 2. The Morgan fingerprint density at radius 1 is 1.29 bits per heavy atom. The topological polar surface area (TPSA) is 34.1 Å². The summed E-state index contributed by atoms with van der Waals surface area (Å²) in [5.74, 6) is 0. The molecule has 43 valence electrons. The van der Waals surface area contributed by atoms with Crippen LogP contribution in [0.15, 0.2) is 0 Å². The molecule has 0 aliphatic heterocycles. The maximum atomic E-state index is 10.3. The first-order chi connectivity index (χ1) is 3.13. The molecule has 2 unspecified atom stereocenters. The summed E-state index contributed by atoms with van der Waals surface area (Å²) in [7, 11) is 0. The Hall–Kier alpha value is 1.33. The van der Waals surface area contributed by atoms with E-state index in [9.17, 15) is 9.13 Å². The van der Waals surface area contributed by atoms with Crippen LogP contribution in [0.3, 0.4) is 0 Å². The van der Waals surface area contributed by atoms with Gasteiger partial charge in [0.2, 0.25) is 0 Å². The molecule has 0 N–H and O–H groups in total. The van der Waals surface area contributed by atoms with Gasteiger partial charge in [0.05, 0.1) is 0 Å². The molecular formula is C2H9O2P2Sc-. The second-order valence-corrected chi connectivity index (χ2v) is 16.6. The van der Waals surface area contributed by atoms with E-state index in [1.54, 1.807) is 13.3 Å². The fourth-order valence-electron chi connectivity index (χ4n) is 0.286. The minimum atomic E-state index is -1.30. The molecule has 0 bridgehead atoms. The van der Waals surface area contributed by atoms with Crippen LogP contribution in [-0.2, 0) is 30.9 Å². The zero-order valence-electron chi connectivity index (χ0n) is 5.39. The van der Waals surface area contributed by atoms with Crippen LogP contribution in [0.2, 0.25) is 0 Å². The second-order valence-electron chi connectivity index (χ2n) is 1.37. The van der Waals surface area contributed by atoms with E-state index >= 15 is 0 Å². The molecule has 0 heterocycles. The van der Waals surface area contributed by atoms with Crippen LogP contribution >= 0.6 is 10.3 Å². The van der Waals surface area contributed by atoms with E-state index < -0.39 is 32.1 Å². The Balaban J connectivity index is 0. The maximum Gasteiger partial charge on any atom is -1.00 e. The van der Waals surface area contributed by atoms with Gasteiger partial charge in [-0.15, -0.1) is 0 Å². The number of hydrogen-bond donors (Lipinski definition) is 0. The Kier molecular flexibility index (Phi) is 5.04. The average molecular weight is 172 g/mol. The van der Waals surface area contributed by atoms with Gasteiger partial charge in [-0.2, -0.15) is 0 Å². The third-order valence-corrected chi connectivity index (χ3v) is 15.1. The molecule has 0 amide bonds. The Labute approximate surface area is 56.0 Å². The van der Waals surface area contributed by atoms with Gasteiger partial charge in [-0.1, -0.05) is 0 Å². The first-order valence-electron chi connectivity index (χ1n) is 1.99. The monoisotopic (exact) mass is 172 g/mol. The van der Waals surface area contributed by atoms with Crippen LogP contribution in [0.4, 0.5) is 0 Å². The predicted molar refractivity (Wildman–Crippen MR) is 31.0 cm³/mol. The van der Waals surface area contributed by atoms with Gasteiger partial charge in [-0.3, -0.25) is 0 Å². The standard InChI is InChI=1S/2CH3OP.Sc.H/c2*1-3-2;;/h2*1H3;;/q;;-2;-1/p+2. The third kappa shape index (κ3) is 7.33. The zero-order valence-corrected chi connectivity index (χ0v) is 8.20. The smallest absolute Gasteiger partial charge is 1.00 e. The van der Waals surface area contributed by atoms with Gasteiger partial charge < -0.3 is 1.43 Å². The molecule has 0 spiro atoms. The van der Waals surface area contributed by atoms with Crippen molar-refractivity contribution in [2.75, 3.05) is 13.3 Å². The summed E-state index contributed by atoms with van der Waals surface area (Å²) in [5, 5.41) is -2.59. The van der Waals surface area contributed by atoms with Crippen molar-refractivity contribution in [3.63, 3.8) is 0 Å². The second kappa shape index (κ2) is 4.23. The molecule has 0 aliphatic carbocycles. The van der Waals surface area contributed by atoms with Crippen LogP contribution in [0.25, 0.3) is 0 Å². The van der Waals surface area contributed by atoms with Gasteiger partial charge in [0.1, 0.15) is 0 Å². The van der Waals surface area contributed by atoms with Gasteiger partial charge in [-0.05, 0) is 0 Å². The SMILES string of the molecule is C[PH](=O)[Sc][PH](C)=O.[H-]. The fourth-order valence-corrected chi connectivity index (χ4v) is 10.6. The predicted octanol–water partition coefficient (Wildman–Crippen LogP) is 1.39. The molecule has 0 rings (SSSR count). The summed E-state index contributed by atoms with van der Waals surface area (Å²) in [6, 6.07) is 0. The molecule has 7 heavy (non-hydrogen) atoms. The zero-order chi connectivity index (χ0) is 5.86. The minimum Gasteiger partial charge on any atom is -1.00 e. The largest absolute Gasteiger partial charge is 1.00 e. The Morgan fingerprint density at radius 2 is 1.57 bits per heavy atom. The van der Waals surface area contributed by atoms with Crippen LogP contribution in [0.1, 0.15) is 1.43 Å². The van der Waals surface area contributed by atoms with Crippen LogP contribution in [0.5, 0.6) is 0 Å². The van der Waals surface area contributed by atoms with E-state index in [4.69, 9.17) is 0 Å². The van der Waals surface area contributed by atoms with Gasteiger partial charge in [-0.25, -0.2) is 0 Å². The molecule has 0 saturated carbocycles. The molecule has 0 radical (unpaired) electrons. The summed E-state index contributed by atoms with van der Waals surface area (Å²) in [5.41, 5.74) is 0. The van der Waals surface area contributed by atoms with Crippen molar-refractivity contribution in [1.82, 2.24) is 0 Å². The Bertz CT molecular complexity index is 94.2. The van der Waals surface area contributed by atoms with E-state index in [2.05, 4.69) is 0 Å². The molecule has 0 aromatic carbocycles.